The zero-order valence-electron chi connectivity index (χ0n) is 8.52. The van der Waals surface area contributed by atoms with Gasteiger partial charge < -0.3 is 0 Å². The number of piperidine rings is 1. The van der Waals surface area contributed by atoms with E-state index in [9.17, 15) is 0 Å². The molecule has 0 unspecified atom stereocenters. The molecule has 0 N–H and O–H groups in total. The van der Waals surface area contributed by atoms with Crippen LogP contribution in [-0.2, 0) is 6.54 Å². The Labute approximate surface area is 86.7 Å². The summed E-state index contributed by atoms with van der Waals surface area (Å²) >= 11 is 0. The van der Waals surface area contributed by atoms with Gasteiger partial charge in [0, 0.05) is 6.54 Å². The van der Waals surface area contributed by atoms with Crippen molar-refractivity contribution in [3.63, 3.8) is 0 Å². The van der Waals surface area contributed by atoms with E-state index in [4.69, 9.17) is 6.92 Å². The molecular weight excluding hydrogens is 170 g/mol. The molecule has 1 saturated heterocycles. The molecule has 0 aromatic heterocycles. The van der Waals surface area contributed by atoms with Crippen molar-refractivity contribution in [3.05, 3.63) is 42.8 Å². The van der Waals surface area contributed by atoms with Crippen molar-refractivity contribution in [2.24, 2.45) is 5.92 Å². The fraction of sp³-hybridized carbons (Fsp3) is 0.462. The van der Waals surface area contributed by atoms with Crippen molar-refractivity contribution in [3.8, 4) is 0 Å². The van der Waals surface area contributed by atoms with E-state index in [2.05, 4.69) is 35.2 Å². The topological polar surface area (TPSA) is 3.24 Å². The summed E-state index contributed by atoms with van der Waals surface area (Å²) < 4.78 is 0. The van der Waals surface area contributed by atoms with Crippen molar-refractivity contribution in [1.29, 1.82) is 0 Å². The van der Waals surface area contributed by atoms with Crippen LogP contribution in [0.5, 0.6) is 0 Å². The first-order chi connectivity index (χ1) is 6.84. The van der Waals surface area contributed by atoms with E-state index in [-0.39, 0.29) is 0 Å². The van der Waals surface area contributed by atoms with Gasteiger partial charge in [0.2, 0.25) is 0 Å². The third kappa shape index (κ3) is 2.58. The van der Waals surface area contributed by atoms with Gasteiger partial charge in [-0.25, -0.2) is 0 Å². The maximum atomic E-state index is 5.86. The van der Waals surface area contributed by atoms with Gasteiger partial charge in [-0.05, 0) is 44.3 Å². The molecule has 1 aromatic rings. The quantitative estimate of drug-likeness (QED) is 0.688. The van der Waals surface area contributed by atoms with Gasteiger partial charge in [-0.1, -0.05) is 30.3 Å². The third-order valence-corrected chi connectivity index (χ3v) is 2.88. The summed E-state index contributed by atoms with van der Waals surface area (Å²) in [6, 6.07) is 10.6. The lowest BCUT2D eigenvalue weighted by Gasteiger charge is -2.29. The highest BCUT2D eigenvalue weighted by atomic mass is 15.1. The molecule has 0 bridgehead atoms. The van der Waals surface area contributed by atoms with Crippen LogP contribution in [0.2, 0.25) is 0 Å². The Morgan fingerprint density at radius 1 is 1.14 bits per heavy atom. The highest BCUT2D eigenvalue weighted by Crippen LogP contribution is 2.17. The number of nitrogens with zero attached hydrogens (tertiary/aromatic N) is 1. The summed E-state index contributed by atoms with van der Waals surface area (Å²) in [5, 5.41) is 0. The predicted molar refractivity (Wildman–Crippen MR) is 58.7 cm³/mol. The fourth-order valence-electron chi connectivity index (χ4n) is 1.95. The van der Waals surface area contributed by atoms with Crippen LogP contribution in [0.3, 0.4) is 0 Å². The number of hydrogen-bond acceptors (Lipinski definition) is 1. The zero-order valence-corrected chi connectivity index (χ0v) is 8.52. The first-order valence-electron chi connectivity index (χ1n) is 5.36. The van der Waals surface area contributed by atoms with Gasteiger partial charge in [-0.15, -0.1) is 0 Å². The summed E-state index contributed by atoms with van der Waals surface area (Å²) in [5.41, 5.74) is 1.41. The lowest BCUT2D eigenvalue weighted by molar-refractivity contribution is 0.195. The highest BCUT2D eigenvalue weighted by Gasteiger charge is 2.15. The second kappa shape index (κ2) is 4.61. The Kier molecular flexibility index (Phi) is 3.20. The molecule has 1 fully saturated rings. The van der Waals surface area contributed by atoms with Crippen molar-refractivity contribution < 1.29 is 0 Å². The lowest BCUT2D eigenvalue weighted by atomic mass is 9.99. The SMILES string of the molecule is [CH]C1CCN(Cc2ccccc2)CC1. The molecule has 1 nitrogen and oxygen atoms in total. The van der Waals surface area contributed by atoms with Gasteiger partial charge in [0.1, 0.15) is 0 Å². The fourth-order valence-corrected chi connectivity index (χ4v) is 1.95. The number of rotatable bonds is 2. The Morgan fingerprint density at radius 3 is 2.43 bits per heavy atom. The second-order valence-electron chi connectivity index (χ2n) is 4.10. The van der Waals surface area contributed by atoms with Gasteiger partial charge in [-0.2, -0.15) is 0 Å². The Balaban J connectivity index is 1.87. The van der Waals surface area contributed by atoms with Gasteiger partial charge in [0.05, 0.1) is 0 Å². The molecule has 1 heteroatoms. The molecule has 1 aliphatic heterocycles. The van der Waals surface area contributed by atoms with Crippen LogP contribution in [0.25, 0.3) is 0 Å². The smallest absolute Gasteiger partial charge is 0.0233 e. The number of benzene rings is 1. The van der Waals surface area contributed by atoms with Crippen LogP contribution < -0.4 is 0 Å². The van der Waals surface area contributed by atoms with Crippen molar-refractivity contribution in [2.75, 3.05) is 13.1 Å². The molecule has 1 aromatic carbocycles. The average molecular weight is 187 g/mol. The van der Waals surface area contributed by atoms with E-state index in [1.54, 1.807) is 0 Å². The van der Waals surface area contributed by atoms with Crippen LogP contribution in [0.1, 0.15) is 18.4 Å². The summed E-state index contributed by atoms with van der Waals surface area (Å²) in [6.45, 7) is 9.24. The maximum Gasteiger partial charge on any atom is 0.0233 e. The Morgan fingerprint density at radius 2 is 1.79 bits per heavy atom. The highest BCUT2D eigenvalue weighted by molar-refractivity contribution is 5.14. The predicted octanol–water partition coefficient (Wildman–Crippen LogP) is 2.61. The molecule has 0 amide bonds. The summed E-state index contributed by atoms with van der Waals surface area (Å²) in [6.07, 6.45) is 2.29. The minimum atomic E-state index is 0.432. The van der Waals surface area contributed by atoms with Crippen LogP contribution in [-0.4, -0.2) is 18.0 Å². The minimum Gasteiger partial charge on any atom is -0.299 e. The van der Waals surface area contributed by atoms with Crippen molar-refractivity contribution >= 4 is 0 Å². The molecule has 14 heavy (non-hydrogen) atoms. The van der Waals surface area contributed by atoms with E-state index in [1.165, 1.54) is 5.56 Å². The average Bonchev–Trinajstić information content (AvgIpc) is 2.23. The molecule has 74 valence electrons. The summed E-state index contributed by atoms with van der Waals surface area (Å²) in [7, 11) is 0. The molecule has 2 rings (SSSR count). The Hall–Kier alpha value is -0.820. The van der Waals surface area contributed by atoms with Crippen molar-refractivity contribution in [2.45, 2.75) is 19.4 Å². The van der Waals surface area contributed by atoms with E-state index in [0.717, 1.165) is 32.5 Å². The second-order valence-corrected chi connectivity index (χ2v) is 4.10. The van der Waals surface area contributed by atoms with Gasteiger partial charge in [-0.3, -0.25) is 4.90 Å². The van der Waals surface area contributed by atoms with Crippen LogP contribution in [0.15, 0.2) is 30.3 Å². The van der Waals surface area contributed by atoms with Crippen LogP contribution in [0.4, 0.5) is 0 Å². The summed E-state index contributed by atoms with van der Waals surface area (Å²) in [5.74, 6) is 0.432. The lowest BCUT2D eigenvalue weighted by Crippen LogP contribution is -2.32. The largest absolute Gasteiger partial charge is 0.299 e. The van der Waals surface area contributed by atoms with Gasteiger partial charge in [0.25, 0.3) is 0 Å². The molecular formula is C13H17N. The molecule has 1 heterocycles. The van der Waals surface area contributed by atoms with E-state index in [0.29, 0.717) is 5.92 Å². The number of likely N-dealkylation sites (tertiary alicyclic amines) is 1. The molecule has 0 spiro atoms. The minimum absolute atomic E-state index is 0.432. The summed E-state index contributed by atoms with van der Waals surface area (Å²) in [4.78, 5) is 2.48. The van der Waals surface area contributed by atoms with Gasteiger partial charge in [0.15, 0.2) is 0 Å². The molecule has 0 saturated carbocycles. The zero-order chi connectivity index (χ0) is 9.80. The standard InChI is InChI=1S/C13H17N/c1-12-7-9-14(10-8-12)11-13-5-3-2-4-6-13/h1-6,12H,7-11H2. The van der Waals surface area contributed by atoms with Crippen LogP contribution >= 0.6 is 0 Å². The molecule has 0 atom stereocenters. The van der Waals surface area contributed by atoms with Gasteiger partial charge >= 0.3 is 0 Å². The normalized spacial score (nSPS) is 19.8. The maximum absolute atomic E-state index is 5.86. The third-order valence-electron chi connectivity index (χ3n) is 2.88. The molecule has 1 aliphatic rings. The number of hydrogen-bond donors (Lipinski definition) is 0. The first-order valence-corrected chi connectivity index (χ1v) is 5.36. The van der Waals surface area contributed by atoms with E-state index < -0.39 is 0 Å². The van der Waals surface area contributed by atoms with E-state index in [1.807, 2.05) is 0 Å². The van der Waals surface area contributed by atoms with Crippen molar-refractivity contribution in [1.82, 2.24) is 4.90 Å². The Bertz CT molecular complexity index is 260. The molecule has 2 radical (unpaired) electrons. The monoisotopic (exact) mass is 187 g/mol. The molecule has 0 aliphatic carbocycles. The van der Waals surface area contributed by atoms with E-state index >= 15 is 0 Å². The first kappa shape index (κ1) is 9.72. The van der Waals surface area contributed by atoms with Crippen LogP contribution in [0, 0.1) is 12.8 Å².